The molecule has 104 valence electrons. The maximum absolute atomic E-state index is 11.0. The van der Waals surface area contributed by atoms with Crippen LogP contribution in [0.2, 0.25) is 0 Å². The standard InChI is InChI=1S/C9H17N3O6/c1-12(2,3)4-5-18-9(6(13)14,7(15)16)11-8(10)17/h4-5H2,1-3H3,(H4-,10,11,13,14,15,16,17)/p+1. The Labute approximate surface area is 104 Å². The largest absolute Gasteiger partial charge is 0.477 e. The molecule has 0 aromatic carbocycles. The number of ether oxygens (including phenoxy) is 1. The number of amides is 2. The first-order chi connectivity index (χ1) is 8.01. The molecule has 0 atom stereocenters. The minimum Gasteiger partial charge on any atom is -0.477 e. The Morgan fingerprint density at radius 1 is 1.22 bits per heavy atom. The van der Waals surface area contributed by atoms with Crippen molar-refractivity contribution in [2.45, 2.75) is 5.72 Å². The van der Waals surface area contributed by atoms with Gasteiger partial charge in [-0.15, -0.1) is 0 Å². The SMILES string of the molecule is C[N+](C)(C)CCOC(NC(N)=O)(C(=O)O)C(=O)O. The second kappa shape index (κ2) is 5.65. The number of carboxylic acid groups (broad SMARTS) is 2. The molecular formula is C9H18N3O6+. The van der Waals surface area contributed by atoms with Crippen LogP contribution in [0, 0.1) is 0 Å². The second-order valence-corrected chi connectivity index (χ2v) is 4.64. The third kappa shape index (κ3) is 4.55. The normalized spacial score (nSPS) is 11.9. The predicted molar refractivity (Wildman–Crippen MR) is 59.6 cm³/mol. The van der Waals surface area contributed by atoms with Crippen molar-refractivity contribution in [1.82, 2.24) is 5.32 Å². The van der Waals surface area contributed by atoms with E-state index in [1.54, 1.807) is 5.32 Å². The number of nitrogens with two attached hydrogens (primary N) is 1. The number of primary amides is 1. The van der Waals surface area contributed by atoms with E-state index < -0.39 is 23.7 Å². The Kier molecular flexibility index (Phi) is 5.06. The summed E-state index contributed by atoms with van der Waals surface area (Å²) in [5.41, 5.74) is 1.89. The zero-order valence-electron chi connectivity index (χ0n) is 10.5. The molecule has 0 saturated carbocycles. The summed E-state index contributed by atoms with van der Waals surface area (Å²) >= 11 is 0. The van der Waals surface area contributed by atoms with Crippen molar-refractivity contribution >= 4 is 18.0 Å². The van der Waals surface area contributed by atoms with Gasteiger partial charge in [0.15, 0.2) is 0 Å². The van der Waals surface area contributed by atoms with Crippen molar-refractivity contribution in [3.05, 3.63) is 0 Å². The number of aliphatic carboxylic acids is 2. The van der Waals surface area contributed by atoms with Crippen molar-refractivity contribution in [2.75, 3.05) is 34.3 Å². The van der Waals surface area contributed by atoms with Gasteiger partial charge in [-0.05, 0) is 0 Å². The van der Waals surface area contributed by atoms with Gasteiger partial charge in [0.2, 0.25) is 0 Å². The summed E-state index contributed by atoms with van der Waals surface area (Å²) in [6.07, 6.45) is 0. The van der Waals surface area contributed by atoms with Gasteiger partial charge in [-0.25, -0.2) is 14.4 Å². The Bertz CT molecular complexity index is 335. The molecule has 0 aliphatic carbocycles. The molecule has 0 spiro atoms. The molecule has 0 aromatic heterocycles. The molecule has 0 saturated heterocycles. The van der Waals surface area contributed by atoms with E-state index in [1.165, 1.54) is 0 Å². The van der Waals surface area contributed by atoms with Gasteiger partial charge in [0.25, 0.3) is 0 Å². The maximum atomic E-state index is 11.0. The highest BCUT2D eigenvalue weighted by Crippen LogP contribution is 2.09. The smallest absolute Gasteiger partial charge is 0.369 e. The van der Waals surface area contributed by atoms with Gasteiger partial charge >= 0.3 is 23.7 Å². The summed E-state index contributed by atoms with van der Waals surface area (Å²) in [6.45, 7) is 0.172. The van der Waals surface area contributed by atoms with Crippen LogP contribution in [0.5, 0.6) is 0 Å². The van der Waals surface area contributed by atoms with Crippen LogP contribution in [0.15, 0.2) is 0 Å². The molecule has 9 nitrogen and oxygen atoms in total. The number of carbonyl (C=O) groups is 3. The summed E-state index contributed by atoms with van der Waals surface area (Å²) in [4.78, 5) is 32.6. The molecule has 9 heteroatoms. The second-order valence-electron chi connectivity index (χ2n) is 4.64. The molecule has 0 aromatic rings. The van der Waals surface area contributed by atoms with Crippen molar-refractivity contribution in [2.24, 2.45) is 5.73 Å². The zero-order valence-corrected chi connectivity index (χ0v) is 10.5. The number of carboxylic acids is 2. The van der Waals surface area contributed by atoms with Crippen LogP contribution in [0.3, 0.4) is 0 Å². The first kappa shape index (κ1) is 16.1. The van der Waals surface area contributed by atoms with Crippen molar-refractivity contribution in [3.8, 4) is 0 Å². The van der Waals surface area contributed by atoms with Gasteiger partial charge in [0.1, 0.15) is 6.54 Å². The maximum Gasteiger partial charge on any atom is 0.369 e. The van der Waals surface area contributed by atoms with Gasteiger partial charge in [0.05, 0.1) is 27.7 Å². The molecule has 0 heterocycles. The van der Waals surface area contributed by atoms with Crippen molar-refractivity contribution in [1.29, 1.82) is 0 Å². The average Bonchev–Trinajstić information content (AvgIpc) is 2.12. The Balaban J connectivity index is 4.92. The molecule has 0 aliphatic rings. The van der Waals surface area contributed by atoms with Crippen LogP contribution in [0.1, 0.15) is 0 Å². The van der Waals surface area contributed by atoms with E-state index in [9.17, 15) is 14.4 Å². The fraction of sp³-hybridized carbons (Fsp3) is 0.667. The van der Waals surface area contributed by atoms with E-state index in [2.05, 4.69) is 0 Å². The number of quaternary nitrogens is 1. The average molecular weight is 264 g/mol. The Hall–Kier alpha value is -1.87. The lowest BCUT2D eigenvalue weighted by Gasteiger charge is -2.28. The molecule has 5 N–H and O–H groups in total. The fourth-order valence-corrected chi connectivity index (χ4v) is 1.00. The number of nitrogens with zero attached hydrogens (tertiary/aromatic N) is 1. The van der Waals surface area contributed by atoms with Crippen LogP contribution in [0.4, 0.5) is 4.79 Å². The Morgan fingerprint density at radius 3 is 1.94 bits per heavy atom. The minimum absolute atomic E-state index is 0.178. The first-order valence-corrected chi connectivity index (χ1v) is 5.00. The van der Waals surface area contributed by atoms with Crippen LogP contribution >= 0.6 is 0 Å². The van der Waals surface area contributed by atoms with Gasteiger partial charge in [-0.2, -0.15) is 0 Å². The van der Waals surface area contributed by atoms with Crippen LogP contribution in [0.25, 0.3) is 0 Å². The molecule has 0 bridgehead atoms. The van der Waals surface area contributed by atoms with Crippen LogP contribution < -0.4 is 11.1 Å². The predicted octanol–water partition coefficient (Wildman–Crippen LogP) is -1.76. The number of likely N-dealkylation sites (N-methyl/N-ethyl adjacent to an activating group) is 1. The third-order valence-electron chi connectivity index (χ3n) is 1.98. The third-order valence-corrected chi connectivity index (χ3v) is 1.98. The number of carbonyl (C=O) groups excluding carboxylic acids is 1. The monoisotopic (exact) mass is 264 g/mol. The topological polar surface area (TPSA) is 139 Å². The molecule has 0 rings (SSSR count). The number of rotatable bonds is 7. The lowest BCUT2D eigenvalue weighted by atomic mass is 10.2. The zero-order chi connectivity index (χ0) is 14.6. The van der Waals surface area contributed by atoms with Crippen molar-refractivity contribution in [3.63, 3.8) is 0 Å². The minimum atomic E-state index is -2.86. The summed E-state index contributed by atoms with van der Waals surface area (Å²) in [5.74, 6) is -3.70. The summed E-state index contributed by atoms with van der Waals surface area (Å²) in [7, 11) is 5.44. The number of nitrogens with one attached hydrogen (secondary N) is 1. The van der Waals surface area contributed by atoms with Gasteiger partial charge in [0, 0.05) is 0 Å². The van der Waals surface area contributed by atoms with Gasteiger partial charge in [-0.1, -0.05) is 0 Å². The van der Waals surface area contributed by atoms with Gasteiger partial charge in [-0.3, -0.25) is 5.32 Å². The van der Waals surface area contributed by atoms with E-state index in [0.29, 0.717) is 11.0 Å². The lowest BCUT2D eigenvalue weighted by Crippen LogP contribution is -2.63. The number of hydrogen-bond donors (Lipinski definition) is 4. The molecule has 18 heavy (non-hydrogen) atoms. The van der Waals surface area contributed by atoms with Gasteiger partial charge < -0.3 is 25.2 Å². The van der Waals surface area contributed by atoms with E-state index in [0.717, 1.165) is 0 Å². The highest BCUT2D eigenvalue weighted by atomic mass is 16.6. The van der Waals surface area contributed by atoms with E-state index in [4.69, 9.17) is 20.7 Å². The van der Waals surface area contributed by atoms with E-state index in [-0.39, 0.29) is 6.61 Å². The van der Waals surface area contributed by atoms with Crippen LogP contribution in [-0.2, 0) is 14.3 Å². The highest BCUT2D eigenvalue weighted by molar-refractivity contribution is 6.04. The summed E-state index contributed by atoms with van der Waals surface area (Å²) in [5, 5.41) is 19.4. The fourth-order valence-electron chi connectivity index (χ4n) is 1.00. The Morgan fingerprint density at radius 2 is 1.67 bits per heavy atom. The molecule has 0 fully saturated rings. The lowest BCUT2D eigenvalue weighted by molar-refractivity contribution is -0.870. The first-order valence-electron chi connectivity index (χ1n) is 5.00. The molecule has 0 aliphatic heterocycles. The summed E-state index contributed by atoms with van der Waals surface area (Å²) < 4.78 is 5.25. The number of hydrogen-bond acceptors (Lipinski definition) is 4. The molecular weight excluding hydrogens is 246 g/mol. The molecule has 2 amide bonds. The quantitative estimate of drug-likeness (QED) is 0.244. The van der Waals surface area contributed by atoms with Crippen molar-refractivity contribution < 1.29 is 33.8 Å². The van der Waals surface area contributed by atoms with E-state index >= 15 is 0 Å². The molecule has 0 unspecified atom stereocenters. The highest BCUT2D eigenvalue weighted by Gasteiger charge is 2.50. The van der Waals surface area contributed by atoms with E-state index in [1.807, 2.05) is 21.1 Å². The van der Waals surface area contributed by atoms with Crippen LogP contribution in [-0.4, -0.2) is 72.7 Å². The number of urea groups is 1. The molecule has 0 radical (unpaired) electrons. The summed E-state index contributed by atoms with van der Waals surface area (Å²) in [6, 6.07) is -1.30.